The number of hydrogen-bond donors (Lipinski definition) is 1. The molecule has 0 bridgehead atoms. The van der Waals surface area contributed by atoms with Crippen molar-refractivity contribution in [3.05, 3.63) is 49.3 Å². The fraction of sp³-hybridized carbons (Fsp3) is 0.591. The summed E-state index contributed by atoms with van der Waals surface area (Å²) < 4.78 is 27.9. The maximum Gasteiger partial charge on any atom is 0 e. The molecule has 0 radical (unpaired) electrons. The Balaban J connectivity index is 0.000000957. The van der Waals surface area contributed by atoms with Crippen LogP contribution in [-0.4, -0.2) is 18.3 Å². The van der Waals surface area contributed by atoms with Crippen molar-refractivity contribution in [2.45, 2.75) is 57.5 Å². The molecular formula is C22H26CrO5. The van der Waals surface area contributed by atoms with Crippen molar-refractivity contribution in [2.75, 3.05) is 7.11 Å². The van der Waals surface area contributed by atoms with Crippen molar-refractivity contribution < 1.29 is 41.2 Å². The van der Waals surface area contributed by atoms with Gasteiger partial charge in [0.2, 0.25) is 0 Å². The third kappa shape index (κ3) is 4.82. The molecule has 4 rings (SSSR count). The quantitative estimate of drug-likeness (QED) is 0.551. The van der Waals surface area contributed by atoms with Gasteiger partial charge in [-0.2, -0.15) is 0 Å². The van der Waals surface area contributed by atoms with Crippen LogP contribution < -0.4 is 4.74 Å². The van der Waals surface area contributed by atoms with Gasteiger partial charge in [0, 0.05) is 17.4 Å². The average molecular weight is 422 g/mol. The van der Waals surface area contributed by atoms with Crippen LogP contribution in [0.15, 0.2) is 18.2 Å². The molecule has 0 spiro atoms. The van der Waals surface area contributed by atoms with Crippen molar-refractivity contribution in [3.8, 4) is 5.75 Å². The zero-order chi connectivity index (χ0) is 20.6. The second kappa shape index (κ2) is 12.3. The van der Waals surface area contributed by atoms with E-state index in [2.05, 4.69) is 45.1 Å². The first-order valence-corrected chi connectivity index (χ1v) is 9.09. The molecule has 5 atom stereocenters. The summed E-state index contributed by atoms with van der Waals surface area (Å²) in [6, 6.07) is 6.67. The van der Waals surface area contributed by atoms with E-state index in [0.717, 1.165) is 24.0 Å². The van der Waals surface area contributed by atoms with Gasteiger partial charge in [-0.1, -0.05) is 13.0 Å². The van der Waals surface area contributed by atoms with Crippen molar-refractivity contribution >= 4 is 0 Å². The van der Waals surface area contributed by atoms with Crippen molar-refractivity contribution in [1.29, 1.82) is 0 Å². The molecule has 1 aromatic carbocycles. The van der Waals surface area contributed by atoms with Crippen molar-refractivity contribution in [1.82, 2.24) is 0 Å². The fourth-order valence-corrected chi connectivity index (χ4v) is 5.66. The van der Waals surface area contributed by atoms with E-state index in [0.29, 0.717) is 5.92 Å². The van der Waals surface area contributed by atoms with Gasteiger partial charge in [0.25, 0.3) is 0 Å². The van der Waals surface area contributed by atoms with Crippen molar-refractivity contribution in [2.24, 2.45) is 17.3 Å². The van der Waals surface area contributed by atoms with Crippen LogP contribution in [0.5, 0.6) is 5.75 Å². The summed E-state index contributed by atoms with van der Waals surface area (Å²) >= 11 is 0. The van der Waals surface area contributed by atoms with Crippen LogP contribution in [-0.2, 0) is 37.7 Å². The van der Waals surface area contributed by atoms with E-state index in [9.17, 15) is 5.11 Å². The summed E-state index contributed by atoms with van der Waals surface area (Å²) in [7, 11) is 1.75. The van der Waals surface area contributed by atoms with Gasteiger partial charge in [-0.15, -0.1) is 0 Å². The molecule has 1 aromatic rings. The standard InChI is InChI=1S/C19H26O2.3CO.Cr/c1-19-10-9-15-14-6-4-13(21-2)11-12(14)3-5-16(15)17(19)7-8-18(19)20;3*1-2;/h4,6,11,15-18,20H,3,5,7-10H2,1-2H3;;;;/t15-,16-,17+,18?,19+;;;;/m1..../s1. The van der Waals surface area contributed by atoms with Crippen LogP contribution in [0.2, 0.25) is 0 Å². The zero-order valence-electron chi connectivity index (χ0n) is 16.3. The molecule has 0 aromatic heterocycles. The smallest absolute Gasteiger partial charge is 0 e. The summed E-state index contributed by atoms with van der Waals surface area (Å²) in [5, 5.41) is 10.4. The second-order valence-corrected chi connectivity index (χ2v) is 7.62. The number of aliphatic hydroxyl groups is 1. The molecule has 6 heteroatoms. The van der Waals surface area contributed by atoms with Crippen molar-refractivity contribution in [3.63, 3.8) is 0 Å². The van der Waals surface area contributed by atoms with Gasteiger partial charge in [-0.05, 0) is 85.0 Å². The maximum absolute atomic E-state index is 10.4. The molecule has 3 aliphatic rings. The van der Waals surface area contributed by atoms with Crippen LogP contribution in [0.4, 0.5) is 0 Å². The summed E-state index contributed by atoms with van der Waals surface area (Å²) in [6.45, 7) is 15.8. The molecular weight excluding hydrogens is 396 g/mol. The molecule has 3 aliphatic carbocycles. The first-order chi connectivity index (χ1) is 13.1. The first-order valence-electron chi connectivity index (χ1n) is 9.09. The third-order valence-corrected chi connectivity index (χ3v) is 6.88. The Kier molecular flexibility index (Phi) is 11.8. The van der Waals surface area contributed by atoms with Crippen LogP contribution in [0.25, 0.3) is 0 Å². The van der Waals surface area contributed by atoms with E-state index in [1.807, 2.05) is 0 Å². The molecule has 2 saturated carbocycles. The molecule has 0 amide bonds. The Morgan fingerprint density at radius 2 is 1.68 bits per heavy atom. The summed E-state index contributed by atoms with van der Waals surface area (Å²) in [4.78, 5) is 0. The van der Waals surface area contributed by atoms with Gasteiger partial charge in [-0.3, -0.25) is 0 Å². The molecule has 2 fully saturated rings. The van der Waals surface area contributed by atoms with E-state index in [1.54, 1.807) is 12.7 Å². The summed E-state index contributed by atoms with van der Waals surface area (Å²) in [6.07, 6.45) is 7.07. The number of aliphatic hydroxyl groups excluding tert-OH is 1. The Hall–Kier alpha value is -1.27. The summed E-state index contributed by atoms with van der Waals surface area (Å²) in [5.74, 6) is 3.20. The maximum atomic E-state index is 10.4. The van der Waals surface area contributed by atoms with E-state index in [4.69, 9.17) is 18.7 Å². The normalized spacial score (nSPS) is 31.0. The molecule has 0 heterocycles. The number of rotatable bonds is 1. The number of methoxy groups -OCH3 is 1. The molecule has 1 unspecified atom stereocenters. The Bertz CT molecular complexity index is 669. The molecule has 5 nitrogen and oxygen atoms in total. The average Bonchev–Trinajstić information content (AvgIpc) is 3.06. The molecule has 0 aliphatic heterocycles. The molecule has 1 N–H and O–H groups in total. The van der Waals surface area contributed by atoms with Gasteiger partial charge in [0.05, 0.1) is 13.2 Å². The predicted molar refractivity (Wildman–Crippen MR) is 95.4 cm³/mol. The Morgan fingerprint density at radius 1 is 1.04 bits per heavy atom. The van der Waals surface area contributed by atoms with Crippen LogP contribution in [0, 0.1) is 37.2 Å². The zero-order valence-corrected chi connectivity index (χ0v) is 17.5. The van der Waals surface area contributed by atoms with E-state index in [-0.39, 0.29) is 28.9 Å². The van der Waals surface area contributed by atoms with Gasteiger partial charge in [0.15, 0.2) is 0 Å². The number of benzene rings is 1. The van der Waals surface area contributed by atoms with Crippen LogP contribution >= 0.6 is 0 Å². The third-order valence-electron chi connectivity index (χ3n) is 6.88. The van der Waals surface area contributed by atoms with Crippen LogP contribution in [0.3, 0.4) is 0 Å². The van der Waals surface area contributed by atoms with Gasteiger partial charge in [-0.25, -0.2) is 0 Å². The second-order valence-electron chi connectivity index (χ2n) is 7.62. The topological polar surface area (TPSA) is 89.2 Å². The number of fused-ring (bicyclic) bond motifs is 5. The SMILES string of the molecule is COc1ccc2c(c1)CC[C@@H]1[C@@H]2CC[C@]2(C)C(O)CC[C@@H]12.[C-]#[O+].[C-]#[O+].[C-]#[O+].[Cr]. The van der Waals surface area contributed by atoms with Gasteiger partial charge >= 0.3 is 33.9 Å². The van der Waals surface area contributed by atoms with E-state index in [1.165, 1.54) is 37.7 Å². The first kappa shape index (κ1) is 26.7. The molecule has 28 heavy (non-hydrogen) atoms. The number of aryl methyl sites for hydroxylation is 1. The number of ether oxygens (including phenoxy) is 1. The predicted octanol–water partition coefficient (Wildman–Crippen LogP) is 3.80. The largest absolute Gasteiger partial charge is 0 e. The summed E-state index contributed by atoms with van der Waals surface area (Å²) in [5.41, 5.74) is 3.25. The fourth-order valence-electron chi connectivity index (χ4n) is 5.66. The molecule has 0 saturated heterocycles. The van der Waals surface area contributed by atoms with E-state index >= 15 is 0 Å². The van der Waals surface area contributed by atoms with Gasteiger partial charge < -0.3 is 9.84 Å². The Morgan fingerprint density at radius 3 is 2.29 bits per heavy atom. The molecule has 150 valence electrons. The van der Waals surface area contributed by atoms with Crippen LogP contribution in [0.1, 0.15) is 56.1 Å². The minimum atomic E-state index is -0.0688. The monoisotopic (exact) mass is 422 g/mol. The number of hydrogen-bond acceptors (Lipinski definition) is 2. The minimum absolute atomic E-state index is 0. The van der Waals surface area contributed by atoms with Gasteiger partial charge in [0.1, 0.15) is 5.75 Å². The Labute approximate surface area is 178 Å². The van der Waals surface area contributed by atoms with E-state index < -0.39 is 0 Å². The minimum Gasteiger partial charge on any atom is 0 e.